The molecule has 2 aromatic heterocycles. The standard InChI is InChI=1S/C72H71N4O.CH3.Pt/c1-46(2)60-28-22-29-61(47(3)4)69(60)50-37-56(43-59(38-50)77-58-31-32-63-62-27-20-21-30-64(62)76(65(63)44-58)68-42-53(33-34-73-68)70(7,8)9)74-45-75(67-36-49(6)48(5)35-66(67)74)57-40-54(71(10,11)51-23-16-14-17-24-51)39-55(41-57)72(12,13)52-25-18-15-19-26-52;;/h14-42,45-47H,1-13H3;1H3;/q-3;-1;+4. The van der Waals surface area contributed by atoms with Crippen molar-refractivity contribution in [3.63, 3.8) is 0 Å². The summed E-state index contributed by atoms with van der Waals surface area (Å²) in [6.07, 6.45) is 1.92. The van der Waals surface area contributed by atoms with Crippen LogP contribution in [0.3, 0.4) is 0 Å². The van der Waals surface area contributed by atoms with E-state index in [2.05, 4.69) is 287 Å². The minimum Gasteiger partial charge on any atom is -0.509 e. The second-order valence-electron chi connectivity index (χ2n) is 24.0. The van der Waals surface area contributed by atoms with Crippen LogP contribution in [0.25, 0.3) is 38.8 Å². The van der Waals surface area contributed by atoms with Gasteiger partial charge in [0.2, 0.25) is 0 Å². The topological polar surface area (TPSA) is 33.5 Å². The van der Waals surface area contributed by atoms with Crippen molar-refractivity contribution in [1.82, 2.24) is 9.55 Å². The number of para-hydroxylation sites is 1. The number of hydrogen-bond donors (Lipinski definition) is 0. The Hall–Kier alpha value is -7.20. The summed E-state index contributed by atoms with van der Waals surface area (Å²) in [4.78, 5) is 9.67. The Labute approximate surface area is 485 Å². The third kappa shape index (κ3) is 10.5. The largest absolute Gasteiger partial charge is 4.00 e. The van der Waals surface area contributed by atoms with Crippen molar-refractivity contribution in [3.05, 3.63) is 252 Å². The quantitative estimate of drug-likeness (QED) is 0.114. The van der Waals surface area contributed by atoms with Crippen LogP contribution in [0.4, 0.5) is 22.7 Å². The van der Waals surface area contributed by atoms with Crippen LogP contribution in [0.15, 0.2) is 176 Å². The van der Waals surface area contributed by atoms with E-state index in [1.807, 2.05) is 12.3 Å². The van der Waals surface area contributed by atoms with Crippen LogP contribution in [-0.4, -0.2) is 9.55 Å². The number of aryl methyl sites for hydroxylation is 2. The SMILES string of the molecule is Cc1cc2c(cc1C)N(c1cc(C(C)(C)c3ccccc3)cc(C(C)(C)c3ccccc3)c1)[CH-]N2c1[c-]c(Oc2[c-]c3c(cc2)c2ccccc2n3-c2cc(C(C)(C)C)ccn2)cc(-c2c(C(C)C)cccc2C(C)C)c1.[CH3-].[Pt+4]. The van der Waals surface area contributed by atoms with Gasteiger partial charge in [0.05, 0.1) is 0 Å². The fourth-order valence-electron chi connectivity index (χ4n) is 11.4. The number of ether oxygens (including phenoxy) is 1. The molecule has 0 spiro atoms. The normalized spacial score (nSPS) is 12.8. The average Bonchev–Trinajstić information content (AvgIpc) is 4.07. The summed E-state index contributed by atoms with van der Waals surface area (Å²) < 4.78 is 9.37. The Kier molecular flexibility index (Phi) is 15.6. The van der Waals surface area contributed by atoms with Gasteiger partial charge in [-0.05, 0) is 135 Å². The van der Waals surface area contributed by atoms with Gasteiger partial charge in [-0.15, -0.1) is 53.6 Å². The van der Waals surface area contributed by atoms with Crippen LogP contribution < -0.4 is 14.5 Å². The first-order valence-corrected chi connectivity index (χ1v) is 27.4. The van der Waals surface area contributed by atoms with Gasteiger partial charge >= 0.3 is 21.1 Å². The smallest absolute Gasteiger partial charge is 0.509 e. The molecule has 402 valence electrons. The molecule has 10 aromatic rings. The monoisotopic (exact) mass is 1220 g/mol. The van der Waals surface area contributed by atoms with E-state index in [1.165, 1.54) is 55.6 Å². The van der Waals surface area contributed by atoms with Gasteiger partial charge in [0.15, 0.2) is 0 Å². The summed E-state index contributed by atoms with van der Waals surface area (Å²) in [6.45, 7) is 32.0. The van der Waals surface area contributed by atoms with Crippen LogP contribution in [0, 0.1) is 40.1 Å². The van der Waals surface area contributed by atoms with E-state index in [0.717, 1.165) is 55.9 Å². The maximum Gasteiger partial charge on any atom is 4.00 e. The van der Waals surface area contributed by atoms with Gasteiger partial charge in [-0.1, -0.05) is 185 Å². The second-order valence-corrected chi connectivity index (χ2v) is 24.0. The molecule has 0 radical (unpaired) electrons. The van der Waals surface area contributed by atoms with Crippen molar-refractivity contribution in [2.24, 2.45) is 0 Å². The summed E-state index contributed by atoms with van der Waals surface area (Å²) in [7, 11) is 0. The van der Waals surface area contributed by atoms with Gasteiger partial charge in [0, 0.05) is 51.1 Å². The summed E-state index contributed by atoms with van der Waals surface area (Å²) in [5.74, 6) is 2.62. The van der Waals surface area contributed by atoms with Crippen LogP contribution in [-0.2, 0) is 37.3 Å². The fourth-order valence-corrected chi connectivity index (χ4v) is 11.4. The summed E-state index contributed by atoms with van der Waals surface area (Å²) in [5, 5.41) is 2.22. The number of fused-ring (bicyclic) bond motifs is 4. The third-order valence-electron chi connectivity index (χ3n) is 16.3. The second kappa shape index (κ2) is 21.8. The molecule has 0 saturated heterocycles. The van der Waals surface area contributed by atoms with Gasteiger partial charge < -0.3 is 26.5 Å². The zero-order chi connectivity index (χ0) is 54.1. The van der Waals surface area contributed by atoms with Gasteiger partial charge in [-0.2, -0.15) is 6.07 Å². The number of hydrogen-bond acceptors (Lipinski definition) is 4. The van der Waals surface area contributed by atoms with Crippen molar-refractivity contribution in [3.8, 4) is 28.4 Å². The molecule has 6 heteroatoms. The van der Waals surface area contributed by atoms with Crippen molar-refractivity contribution in [2.45, 2.75) is 118 Å². The zero-order valence-corrected chi connectivity index (χ0v) is 50.8. The molecule has 1 aliphatic rings. The first kappa shape index (κ1) is 56.5. The predicted molar refractivity (Wildman–Crippen MR) is 330 cm³/mol. The van der Waals surface area contributed by atoms with Crippen molar-refractivity contribution in [2.75, 3.05) is 9.80 Å². The Morgan fingerprint density at radius 1 is 0.519 bits per heavy atom. The Morgan fingerprint density at radius 2 is 1.09 bits per heavy atom. The molecule has 79 heavy (non-hydrogen) atoms. The number of nitrogens with zero attached hydrogens (tertiary/aromatic N) is 4. The van der Waals surface area contributed by atoms with E-state index in [1.54, 1.807) is 0 Å². The van der Waals surface area contributed by atoms with Crippen LogP contribution in [0.5, 0.6) is 11.5 Å². The van der Waals surface area contributed by atoms with E-state index in [9.17, 15) is 0 Å². The van der Waals surface area contributed by atoms with Crippen molar-refractivity contribution in [1.29, 1.82) is 0 Å². The molecule has 0 saturated carbocycles. The average molecular weight is 1220 g/mol. The number of benzene rings is 8. The number of pyridine rings is 1. The minimum absolute atomic E-state index is 0. The van der Waals surface area contributed by atoms with Crippen LogP contribution in [0.2, 0.25) is 0 Å². The predicted octanol–water partition coefficient (Wildman–Crippen LogP) is 19.9. The molecule has 0 fully saturated rings. The molecule has 8 aromatic carbocycles. The Balaban J connectivity index is 0.00000378. The first-order valence-electron chi connectivity index (χ1n) is 27.4. The fraction of sp³-hybridized carbons (Fsp3) is 0.247. The molecule has 0 N–H and O–H groups in total. The van der Waals surface area contributed by atoms with Crippen LogP contribution >= 0.6 is 0 Å². The van der Waals surface area contributed by atoms with E-state index < -0.39 is 0 Å². The maximum atomic E-state index is 7.15. The molecular weight excluding hydrogens is 1140 g/mol. The number of rotatable bonds is 12. The molecule has 11 rings (SSSR count). The van der Waals surface area contributed by atoms with Gasteiger partial charge in [-0.3, -0.25) is 0 Å². The molecule has 0 aliphatic carbocycles. The molecule has 0 bridgehead atoms. The van der Waals surface area contributed by atoms with Gasteiger partial charge in [0.1, 0.15) is 5.82 Å². The summed E-state index contributed by atoms with van der Waals surface area (Å²) in [6, 6.07) is 69.7. The molecule has 5 nitrogen and oxygen atoms in total. The minimum atomic E-state index is -0.294. The molecule has 1 aliphatic heterocycles. The van der Waals surface area contributed by atoms with Crippen molar-refractivity contribution >= 4 is 44.6 Å². The maximum absolute atomic E-state index is 7.15. The summed E-state index contributed by atoms with van der Waals surface area (Å²) >= 11 is 0. The third-order valence-corrected chi connectivity index (χ3v) is 16.3. The number of anilines is 4. The zero-order valence-electron chi connectivity index (χ0n) is 48.5. The molecule has 0 unspecified atom stereocenters. The number of aromatic nitrogens is 2. The van der Waals surface area contributed by atoms with E-state index in [-0.39, 0.29) is 56.6 Å². The van der Waals surface area contributed by atoms with E-state index in [4.69, 9.17) is 9.72 Å². The Morgan fingerprint density at radius 3 is 1.67 bits per heavy atom. The van der Waals surface area contributed by atoms with E-state index in [0.29, 0.717) is 11.5 Å². The Bertz CT molecular complexity index is 3750. The molecule has 3 heterocycles. The molecule has 0 amide bonds. The molecular formula is C73H74N4OPt. The van der Waals surface area contributed by atoms with Gasteiger partial charge in [0.25, 0.3) is 0 Å². The van der Waals surface area contributed by atoms with E-state index >= 15 is 0 Å². The van der Waals surface area contributed by atoms with Gasteiger partial charge in [-0.25, -0.2) is 4.98 Å². The summed E-state index contributed by atoms with van der Waals surface area (Å²) in [5.41, 5.74) is 19.1. The first-order chi connectivity index (χ1) is 36.8. The van der Waals surface area contributed by atoms with Crippen molar-refractivity contribution < 1.29 is 25.8 Å². The molecule has 0 atom stereocenters. The van der Waals surface area contributed by atoms with Crippen LogP contribution in [0.1, 0.15) is 138 Å².